The Bertz CT molecular complexity index is 338. The topological polar surface area (TPSA) is 54.4 Å². The predicted octanol–water partition coefficient (Wildman–Crippen LogP) is 1.13. The minimum Gasteiger partial charge on any atom is -0.507 e. The van der Waals surface area contributed by atoms with Crippen molar-refractivity contribution in [3.63, 3.8) is 0 Å². The molecule has 0 unspecified atom stereocenters. The Balaban J connectivity index is 3.35. The molecule has 0 aromatic heterocycles. The van der Waals surface area contributed by atoms with Crippen LogP contribution in [0.1, 0.15) is 0 Å². The molecule has 0 fully saturated rings. The molecule has 1 aromatic carbocycles. The van der Waals surface area contributed by atoms with Gasteiger partial charge in [0.15, 0.2) is 10.7 Å². The lowest BCUT2D eigenvalue weighted by Crippen LogP contribution is -1.80. The first kappa shape index (κ1) is 8.55. The summed E-state index contributed by atoms with van der Waals surface area (Å²) < 4.78 is 21.5. The van der Waals surface area contributed by atoms with Gasteiger partial charge in [0, 0.05) is 4.47 Å². The predicted molar refractivity (Wildman–Crippen MR) is 44.4 cm³/mol. The van der Waals surface area contributed by atoms with Gasteiger partial charge in [-0.2, -0.15) is 0 Å². The monoisotopic (exact) mass is 236 g/mol. The fourth-order valence-corrected chi connectivity index (χ4v) is 1.69. The van der Waals surface area contributed by atoms with Crippen molar-refractivity contribution in [2.45, 2.75) is 4.90 Å². The van der Waals surface area contributed by atoms with Gasteiger partial charge in [-0.3, -0.25) is 0 Å². The second-order valence-corrected chi connectivity index (χ2v) is 3.80. The van der Waals surface area contributed by atoms with E-state index in [-0.39, 0.29) is 10.6 Å². The largest absolute Gasteiger partial charge is 0.507 e. The van der Waals surface area contributed by atoms with Crippen LogP contribution in [0.15, 0.2) is 27.6 Å². The summed E-state index contributed by atoms with van der Waals surface area (Å²) in [5.41, 5.74) is 0. The lowest BCUT2D eigenvalue weighted by molar-refractivity contribution is 0.460. The number of phenols is 1. The number of thiol groups is 1. The van der Waals surface area contributed by atoms with Gasteiger partial charge < -0.3 is 5.11 Å². The SMILES string of the molecule is O=[SH](=O)c1cc(Br)ccc1O. The summed E-state index contributed by atoms with van der Waals surface area (Å²) in [6, 6.07) is 4.24. The molecule has 0 aliphatic carbocycles. The van der Waals surface area contributed by atoms with Gasteiger partial charge in [-0.1, -0.05) is 15.9 Å². The first-order valence-corrected chi connectivity index (χ1v) is 4.71. The molecule has 0 heterocycles. The van der Waals surface area contributed by atoms with Crippen molar-refractivity contribution < 1.29 is 13.5 Å². The molecular weight excluding hydrogens is 232 g/mol. The molecule has 0 radical (unpaired) electrons. The van der Waals surface area contributed by atoms with Gasteiger partial charge in [-0.25, -0.2) is 8.42 Å². The van der Waals surface area contributed by atoms with Gasteiger partial charge in [0.05, 0.1) is 0 Å². The molecule has 0 bridgehead atoms. The molecule has 0 saturated carbocycles. The van der Waals surface area contributed by atoms with Crippen LogP contribution in [0.4, 0.5) is 0 Å². The van der Waals surface area contributed by atoms with E-state index >= 15 is 0 Å². The van der Waals surface area contributed by atoms with Crippen LogP contribution in [0.2, 0.25) is 0 Å². The Labute approximate surface area is 73.8 Å². The van der Waals surface area contributed by atoms with Gasteiger partial charge in [0.1, 0.15) is 10.6 Å². The molecule has 3 nitrogen and oxygen atoms in total. The molecule has 0 aliphatic heterocycles. The number of rotatable bonds is 1. The molecule has 0 atom stereocenters. The highest BCUT2D eigenvalue weighted by molar-refractivity contribution is 9.10. The minimum atomic E-state index is -2.71. The molecule has 5 heteroatoms. The first-order chi connectivity index (χ1) is 5.11. The van der Waals surface area contributed by atoms with Crippen molar-refractivity contribution in [1.29, 1.82) is 0 Å². The third kappa shape index (κ3) is 1.94. The number of hydrogen-bond donors (Lipinski definition) is 2. The van der Waals surface area contributed by atoms with E-state index in [0.717, 1.165) is 0 Å². The van der Waals surface area contributed by atoms with Gasteiger partial charge >= 0.3 is 0 Å². The van der Waals surface area contributed by atoms with E-state index in [0.29, 0.717) is 4.47 Å². The second kappa shape index (κ2) is 3.23. The van der Waals surface area contributed by atoms with E-state index in [2.05, 4.69) is 15.9 Å². The summed E-state index contributed by atoms with van der Waals surface area (Å²) in [6.45, 7) is 0. The van der Waals surface area contributed by atoms with E-state index in [1.165, 1.54) is 12.1 Å². The van der Waals surface area contributed by atoms with Gasteiger partial charge in [-0.15, -0.1) is 0 Å². The molecule has 0 spiro atoms. The van der Waals surface area contributed by atoms with Crippen LogP contribution in [0.25, 0.3) is 0 Å². The molecular formula is C6H5BrO3S. The van der Waals surface area contributed by atoms with Gasteiger partial charge in [0.2, 0.25) is 0 Å². The summed E-state index contributed by atoms with van der Waals surface area (Å²) in [6.07, 6.45) is 0. The van der Waals surface area contributed by atoms with Crippen LogP contribution < -0.4 is 0 Å². The Hall–Kier alpha value is -0.550. The minimum absolute atomic E-state index is 0.0608. The first-order valence-electron chi connectivity index (χ1n) is 2.74. The van der Waals surface area contributed by atoms with Crippen molar-refractivity contribution in [2.75, 3.05) is 0 Å². The van der Waals surface area contributed by atoms with E-state index in [1.807, 2.05) is 0 Å². The van der Waals surface area contributed by atoms with Gasteiger partial charge in [-0.05, 0) is 18.2 Å². The third-order valence-corrected chi connectivity index (χ3v) is 2.38. The summed E-state index contributed by atoms with van der Waals surface area (Å²) in [7, 11) is -2.71. The number of benzene rings is 1. The van der Waals surface area contributed by atoms with Crippen LogP contribution in [0.5, 0.6) is 5.75 Å². The van der Waals surface area contributed by atoms with Crippen molar-refractivity contribution in [2.24, 2.45) is 0 Å². The van der Waals surface area contributed by atoms with Crippen LogP contribution >= 0.6 is 15.9 Å². The molecule has 1 rings (SSSR count). The highest BCUT2D eigenvalue weighted by atomic mass is 79.9. The quantitative estimate of drug-likeness (QED) is 0.719. The molecule has 1 N–H and O–H groups in total. The third-order valence-electron chi connectivity index (χ3n) is 1.13. The maximum atomic E-state index is 10.4. The number of phenolic OH excluding ortho intramolecular Hbond substituents is 1. The normalized spacial score (nSPS) is 10.4. The maximum Gasteiger partial charge on any atom is 0.171 e. The second-order valence-electron chi connectivity index (χ2n) is 1.89. The average molecular weight is 237 g/mol. The molecule has 0 saturated heterocycles. The lowest BCUT2D eigenvalue weighted by Gasteiger charge is -1.95. The zero-order valence-electron chi connectivity index (χ0n) is 5.32. The van der Waals surface area contributed by atoms with Crippen LogP contribution in [0.3, 0.4) is 0 Å². The highest BCUT2D eigenvalue weighted by Crippen LogP contribution is 2.22. The van der Waals surface area contributed by atoms with Crippen LogP contribution in [0, 0.1) is 0 Å². The number of halogens is 1. The molecule has 60 valence electrons. The van der Waals surface area contributed by atoms with Gasteiger partial charge in [0.25, 0.3) is 0 Å². The molecule has 1 aromatic rings. The lowest BCUT2D eigenvalue weighted by atomic mass is 10.3. The van der Waals surface area contributed by atoms with Crippen LogP contribution in [-0.4, -0.2) is 13.5 Å². The van der Waals surface area contributed by atoms with E-state index in [4.69, 9.17) is 5.11 Å². The van der Waals surface area contributed by atoms with E-state index in [9.17, 15) is 8.42 Å². The number of aromatic hydroxyl groups is 1. The fourth-order valence-electron chi connectivity index (χ4n) is 0.643. The highest BCUT2D eigenvalue weighted by Gasteiger charge is 2.02. The Morgan fingerprint density at radius 2 is 2.00 bits per heavy atom. The molecule has 0 aliphatic rings. The summed E-state index contributed by atoms with van der Waals surface area (Å²) >= 11 is 3.09. The zero-order chi connectivity index (χ0) is 8.43. The van der Waals surface area contributed by atoms with E-state index in [1.54, 1.807) is 6.07 Å². The average Bonchev–Trinajstić information content (AvgIpc) is 1.94. The summed E-state index contributed by atoms with van der Waals surface area (Å²) in [5, 5.41) is 9.00. The standard InChI is InChI=1S/C6H5BrO3S/c7-4-1-2-5(8)6(3-4)11(9)10/h1-3,8,11H. The summed E-state index contributed by atoms with van der Waals surface area (Å²) in [5.74, 6) is -0.218. The van der Waals surface area contributed by atoms with Crippen molar-refractivity contribution in [1.82, 2.24) is 0 Å². The Kier molecular flexibility index (Phi) is 2.51. The van der Waals surface area contributed by atoms with Crippen molar-refractivity contribution in [3.8, 4) is 5.75 Å². The smallest absolute Gasteiger partial charge is 0.171 e. The zero-order valence-corrected chi connectivity index (χ0v) is 7.80. The van der Waals surface area contributed by atoms with E-state index < -0.39 is 10.7 Å². The molecule has 11 heavy (non-hydrogen) atoms. The Morgan fingerprint density at radius 3 is 2.45 bits per heavy atom. The fraction of sp³-hybridized carbons (Fsp3) is 0. The number of hydrogen-bond acceptors (Lipinski definition) is 3. The Morgan fingerprint density at radius 1 is 1.36 bits per heavy atom. The van der Waals surface area contributed by atoms with Crippen LogP contribution in [-0.2, 0) is 10.7 Å². The molecule has 0 amide bonds. The summed E-state index contributed by atoms with van der Waals surface area (Å²) in [4.78, 5) is -0.0608. The van der Waals surface area contributed by atoms with Crippen molar-refractivity contribution >= 4 is 26.6 Å². The van der Waals surface area contributed by atoms with Crippen molar-refractivity contribution in [3.05, 3.63) is 22.7 Å². The maximum absolute atomic E-state index is 10.4.